The standard InChI is InChI=1S/C65H48N4O2/c1-39(2)63-66-59-55(68(43-25-7-5-8-26-43)53-35-19-23-41-21-11-13-29-45(41)53)37-51-57(61(59)70-63)58-52(65(51)49-33-17-15-31-47(49)48-32-16-18-34-50(48)65)38-56(60-62(58)71-64(67-60)40(3)4)69(44-27-9-6-10-28-44)54-36-20-24-42-22-12-14-30-46(42)54/h5-40H,1-4H3. The van der Waals surface area contributed by atoms with E-state index < -0.39 is 5.41 Å². The fourth-order valence-corrected chi connectivity index (χ4v) is 11.8. The summed E-state index contributed by atoms with van der Waals surface area (Å²) in [5.41, 5.74) is 17.2. The van der Waals surface area contributed by atoms with E-state index in [1.807, 2.05) is 0 Å². The maximum atomic E-state index is 7.32. The van der Waals surface area contributed by atoms with Crippen molar-refractivity contribution in [3.05, 3.63) is 240 Å². The zero-order valence-corrected chi connectivity index (χ0v) is 39.9. The number of fused-ring (bicyclic) bond motifs is 16. The molecule has 6 nitrogen and oxygen atoms in total. The molecular weight excluding hydrogens is 869 g/mol. The Morgan fingerprint density at radius 2 is 0.761 bits per heavy atom. The zero-order chi connectivity index (χ0) is 47.5. The van der Waals surface area contributed by atoms with Crippen molar-refractivity contribution in [1.29, 1.82) is 0 Å². The smallest absolute Gasteiger partial charge is 0.198 e. The van der Waals surface area contributed by atoms with Crippen molar-refractivity contribution in [2.45, 2.75) is 44.9 Å². The van der Waals surface area contributed by atoms with Crippen LogP contribution in [0, 0.1) is 0 Å². The van der Waals surface area contributed by atoms with Gasteiger partial charge in [-0.25, -0.2) is 9.97 Å². The van der Waals surface area contributed by atoms with Crippen LogP contribution in [0.2, 0.25) is 0 Å². The number of para-hydroxylation sites is 2. The summed E-state index contributed by atoms with van der Waals surface area (Å²) < 4.78 is 14.6. The highest BCUT2D eigenvalue weighted by Gasteiger charge is 2.55. The summed E-state index contributed by atoms with van der Waals surface area (Å²) >= 11 is 0. The number of anilines is 6. The lowest BCUT2D eigenvalue weighted by Crippen LogP contribution is -2.26. The molecular formula is C65H48N4O2. The van der Waals surface area contributed by atoms with Gasteiger partial charge in [0.15, 0.2) is 22.9 Å². The molecule has 0 atom stereocenters. The Labute approximate surface area is 412 Å². The topological polar surface area (TPSA) is 58.5 Å². The molecule has 12 aromatic rings. The SMILES string of the molecule is CC(C)c1nc2c(N(c3ccccc3)c3cccc4ccccc34)cc3c(c2o1)-c1c(cc(N(c2ccccc2)c2cccc4ccccc24)c2nc(C(C)C)oc12)C31c2ccccc2-c2ccccc21. The number of oxazole rings is 2. The van der Waals surface area contributed by atoms with Gasteiger partial charge >= 0.3 is 0 Å². The van der Waals surface area contributed by atoms with Crippen LogP contribution >= 0.6 is 0 Å². The molecule has 0 radical (unpaired) electrons. The molecule has 14 rings (SSSR count). The summed E-state index contributed by atoms with van der Waals surface area (Å²) in [6.07, 6.45) is 0. The minimum atomic E-state index is -0.832. The van der Waals surface area contributed by atoms with Crippen LogP contribution in [0.3, 0.4) is 0 Å². The molecule has 1 spiro atoms. The Bertz CT molecular complexity index is 3820. The van der Waals surface area contributed by atoms with Crippen LogP contribution in [-0.4, -0.2) is 9.97 Å². The van der Waals surface area contributed by atoms with Gasteiger partial charge in [-0.15, -0.1) is 0 Å². The van der Waals surface area contributed by atoms with E-state index in [0.29, 0.717) is 11.8 Å². The summed E-state index contributed by atoms with van der Waals surface area (Å²) in [5, 5.41) is 4.59. The molecule has 0 saturated carbocycles. The highest BCUT2D eigenvalue weighted by atomic mass is 16.4. The zero-order valence-electron chi connectivity index (χ0n) is 39.9. The van der Waals surface area contributed by atoms with Gasteiger partial charge in [0.2, 0.25) is 0 Å². The predicted octanol–water partition coefficient (Wildman–Crippen LogP) is 17.8. The van der Waals surface area contributed by atoms with E-state index in [2.05, 4.69) is 244 Å². The van der Waals surface area contributed by atoms with Crippen molar-refractivity contribution in [2.24, 2.45) is 0 Å². The van der Waals surface area contributed by atoms with Gasteiger partial charge in [0.05, 0.1) is 28.2 Å². The third-order valence-electron chi connectivity index (χ3n) is 14.9. The van der Waals surface area contributed by atoms with Crippen LogP contribution in [0.1, 0.15) is 73.6 Å². The van der Waals surface area contributed by atoms with Gasteiger partial charge < -0.3 is 18.6 Å². The molecule has 340 valence electrons. The highest BCUT2D eigenvalue weighted by molar-refractivity contribution is 6.16. The van der Waals surface area contributed by atoms with Crippen molar-refractivity contribution in [2.75, 3.05) is 9.80 Å². The molecule has 2 aromatic heterocycles. The van der Waals surface area contributed by atoms with Crippen LogP contribution in [-0.2, 0) is 5.41 Å². The van der Waals surface area contributed by atoms with Gasteiger partial charge in [-0.05, 0) is 92.7 Å². The fourth-order valence-electron chi connectivity index (χ4n) is 11.8. The number of benzene rings is 10. The van der Waals surface area contributed by atoms with Crippen molar-refractivity contribution < 1.29 is 8.83 Å². The predicted molar refractivity (Wildman–Crippen MR) is 290 cm³/mol. The van der Waals surface area contributed by atoms with E-state index >= 15 is 0 Å². The quantitative estimate of drug-likeness (QED) is 0.151. The molecule has 0 saturated heterocycles. The molecule has 10 aromatic carbocycles. The first-order valence-electron chi connectivity index (χ1n) is 24.7. The second-order valence-electron chi connectivity index (χ2n) is 19.6. The summed E-state index contributed by atoms with van der Waals surface area (Å²) in [7, 11) is 0. The van der Waals surface area contributed by atoms with Crippen molar-refractivity contribution >= 4 is 77.9 Å². The van der Waals surface area contributed by atoms with Crippen LogP contribution < -0.4 is 9.80 Å². The summed E-state index contributed by atoms with van der Waals surface area (Å²) in [6, 6.07) is 74.7. The van der Waals surface area contributed by atoms with Gasteiger partial charge in [0.25, 0.3) is 0 Å². The largest absolute Gasteiger partial charge is 0.440 e. The minimum absolute atomic E-state index is 0.0109. The Kier molecular flexibility index (Phi) is 9.09. The molecule has 2 heterocycles. The highest BCUT2D eigenvalue weighted by Crippen LogP contribution is 2.67. The second-order valence-corrected chi connectivity index (χ2v) is 19.6. The average molecular weight is 917 g/mol. The van der Waals surface area contributed by atoms with Gasteiger partial charge in [0, 0.05) is 45.1 Å². The maximum absolute atomic E-state index is 7.32. The van der Waals surface area contributed by atoms with E-state index in [-0.39, 0.29) is 11.8 Å². The first-order chi connectivity index (χ1) is 34.9. The summed E-state index contributed by atoms with van der Waals surface area (Å²) in [4.78, 5) is 15.8. The molecule has 71 heavy (non-hydrogen) atoms. The van der Waals surface area contributed by atoms with E-state index in [1.54, 1.807) is 0 Å². The Balaban J connectivity index is 1.19. The van der Waals surface area contributed by atoms with E-state index in [4.69, 9.17) is 18.8 Å². The molecule has 0 N–H and O–H groups in total. The van der Waals surface area contributed by atoms with Crippen molar-refractivity contribution in [3.8, 4) is 22.3 Å². The van der Waals surface area contributed by atoms with Crippen LogP contribution in [0.15, 0.2) is 215 Å². The molecule has 0 bridgehead atoms. The lowest BCUT2D eigenvalue weighted by molar-refractivity contribution is 0.499. The molecule has 6 heteroatoms. The molecule has 0 amide bonds. The van der Waals surface area contributed by atoms with Crippen LogP contribution in [0.5, 0.6) is 0 Å². The van der Waals surface area contributed by atoms with Gasteiger partial charge in [-0.3, -0.25) is 0 Å². The third kappa shape index (κ3) is 5.88. The number of aromatic nitrogens is 2. The van der Waals surface area contributed by atoms with E-state index in [0.717, 1.165) is 100 Å². The van der Waals surface area contributed by atoms with Gasteiger partial charge in [0.1, 0.15) is 11.0 Å². The minimum Gasteiger partial charge on any atom is -0.440 e. The lowest BCUT2D eigenvalue weighted by atomic mass is 9.70. The molecule has 0 aliphatic heterocycles. The Morgan fingerprint density at radius 1 is 0.380 bits per heavy atom. The summed E-state index contributed by atoms with van der Waals surface area (Å²) in [5.74, 6) is 1.37. The first-order valence-corrected chi connectivity index (χ1v) is 24.7. The number of hydrogen-bond acceptors (Lipinski definition) is 6. The first kappa shape index (κ1) is 41.3. The third-order valence-corrected chi connectivity index (χ3v) is 14.9. The van der Waals surface area contributed by atoms with Crippen molar-refractivity contribution in [1.82, 2.24) is 9.97 Å². The molecule has 2 aliphatic carbocycles. The molecule has 0 fully saturated rings. The van der Waals surface area contributed by atoms with E-state index in [9.17, 15) is 0 Å². The normalized spacial score (nSPS) is 13.2. The van der Waals surface area contributed by atoms with Crippen LogP contribution in [0.4, 0.5) is 34.1 Å². The number of nitrogens with zero attached hydrogens (tertiary/aromatic N) is 4. The van der Waals surface area contributed by atoms with Crippen LogP contribution in [0.25, 0.3) is 66.0 Å². The molecule has 0 unspecified atom stereocenters. The van der Waals surface area contributed by atoms with Gasteiger partial charge in [-0.2, -0.15) is 0 Å². The summed E-state index contributed by atoms with van der Waals surface area (Å²) in [6.45, 7) is 8.63. The average Bonchev–Trinajstić information content (AvgIpc) is 4.21. The Hall–Kier alpha value is -8.74. The monoisotopic (exact) mass is 916 g/mol. The van der Waals surface area contributed by atoms with Gasteiger partial charge in [-0.1, -0.05) is 185 Å². The molecule has 2 aliphatic rings. The lowest BCUT2D eigenvalue weighted by Gasteiger charge is -2.33. The number of rotatable bonds is 8. The fraction of sp³-hybridized carbons (Fsp3) is 0.108. The Morgan fingerprint density at radius 3 is 1.20 bits per heavy atom. The van der Waals surface area contributed by atoms with Crippen molar-refractivity contribution in [3.63, 3.8) is 0 Å². The second kappa shape index (κ2) is 15.6. The maximum Gasteiger partial charge on any atom is 0.198 e. The number of hydrogen-bond donors (Lipinski definition) is 0. The van der Waals surface area contributed by atoms with E-state index in [1.165, 1.54) is 22.3 Å².